The van der Waals surface area contributed by atoms with Crippen molar-refractivity contribution in [1.82, 2.24) is 0 Å². The molecule has 0 aliphatic carbocycles. The fourth-order valence-corrected chi connectivity index (χ4v) is 4.56. The Morgan fingerprint density at radius 3 is 1.73 bits per heavy atom. The molecule has 0 nitrogen and oxygen atoms in total. The van der Waals surface area contributed by atoms with Gasteiger partial charge in [0, 0.05) is 9.79 Å². The van der Waals surface area contributed by atoms with Gasteiger partial charge in [-0.1, -0.05) is 123 Å². The molecule has 0 amide bonds. The Labute approximate surface area is 209 Å². The summed E-state index contributed by atoms with van der Waals surface area (Å²) in [5.41, 5.74) is 7.75. The molecule has 0 atom stereocenters. The molecular formula is C32H46S. The van der Waals surface area contributed by atoms with Gasteiger partial charge in [0.05, 0.1) is 0 Å². The zero-order valence-electron chi connectivity index (χ0n) is 23.0. The van der Waals surface area contributed by atoms with Crippen molar-refractivity contribution >= 4 is 11.8 Å². The summed E-state index contributed by atoms with van der Waals surface area (Å²) < 4.78 is 0. The summed E-state index contributed by atoms with van der Waals surface area (Å²) in [5, 5.41) is 0. The van der Waals surface area contributed by atoms with E-state index in [-0.39, 0.29) is 10.8 Å². The molecule has 0 saturated heterocycles. The summed E-state index contributed by atoms with van der Waals surface area (Å²) >= 11 is 1.81. The van der Waals surface area contributed by atoms with Crippen molar-refractivity contribution in [1.29, 1.82) is 0 Å². The van der Waals surface area contributed by atoms with Crippen molar-refractivity contribution in [2.75, 3.05) is 0 Å². The molecule has 180 valence electrons. The van der Waals surface area contributed by atoms with E-state index in [0.29, 0.717) is 0 Å². The second-order valence-corrected chi connectivity index (χ2v) is 11.5. The molecule has 0 unspecified atom stereocenters. The van der Waals surface area contributed by atoms with Crippen molar-refractivity contribution in [3.8, 4) is 0 Å². The lowest BCUT2D eigenvalue weighted by Gasteiger charge is -2.28. The third kappa shape index (κ3) is 9.05. The van der Waals surface area contributed by atoms with Crippen molar-refractivity contribution in [2.45, 2.75) is 103 Å². The third-order valence-corrected chi connectivity index (χ3v) is 6.82. The van der Waals surface area contributed by atoms with Crippen LogP contribution in [0.4, 0.5) is 0 Å². The molecule has 1 heteroatoms. The van der Waals surface area contributed by atoms with E-state index in [9.17, 15) is 0 Å². The van der Waals surface area contributed by atoms with Crippen LogP contribution in [-0.4, -0.2) is 0 Å². The normalized spacial score (nSPS) is 11.1. The standard InChI is InChI=1S/C17H28.C13H12S.C2H6/c1-9-13-10-14(16(3,4)5)11-15(12(13)2)17(6,7)8;1-11-7-5-6-10-13(11)14-12-8-3-2-4-9-12;1-2/h10-11H,9H2,1-8H3;2-10H,1H3;1-2H3. The second kappa shape index (κ2) is 13.0. The Kier molecular flexibility index (Phi) is 11.5. The molecule has 0 saturated carbocycles. The molecule has 0 aromatic heterocycles. The number of benzene rings is 3. The van der Waals surface area contributed by atoms with E-state index < -0.39 is 0 Å². The van der Waals surface area contributed by atoms with Crippen LogP contribution < -0.4 is 0 Å². The first-order valence-corrected chi connectivity index (χ1v) is 13.2. The summed E-state index contributed by atoms with van der Waals surface area (Å²) in [6, 6.07) is 23.7. The highest BCUT2D eigenvalue weighted by Crippen LogP contribution is 2.33. The summed E-state index contributed by atoms with van der Waals surface area (Å²) in [6.07, 6.45) is 1.12. The van der Waals surface area contributed by atoms with E-state index in [1.807, 2.05) is 31.7 Å². The molecule has 3 rings (SSSR count). The molecule has 3 aromatic carbocycles. The molecule has 3 aromatic rings. The lowest BCUT2D eigenvalue weighted by atomic mass is 9.77. The van der Waals surface area contributed by atoms with Crippen LogP contribution in [0.1, 0.15) is 90.1 Å². The first-order valence-electron chi connectivity index (χ1n) is 12.4. The number of rotatable bonds is 3. The van der Waals surface area contributed by atoms with Crippen LogP contribution in [0.25, 0.3) is 0 Å². The van der Waals surface area contributed by atoms with Gasteiger partial charge in [0.2, 0.25) is 0 Å². The minimum absolute atomic E-state index is 0.231. The monoisotopic (exact) mass is 462 g/mol. The SMILES string of the molecule is CC.CCc1cc(C(C)(C)C)cc(C(C)(C)C)c1C.Cc1ccccc1Sc1ccccc1. The van der Waals surface area contributed by atoms with E-state index in [1.165, 1.54) is 37.6 Å². The topological polar surface area (TPSA) is 0 Å². The van der Waals surface area contributed by atoms with Gasteiger partial charge < -0.3 is 0 Å². The van der Waals surface area contributed by atoms with Crippen LogP contribution in [0.3, 0.4) is 0 Å². The fourth-order valence-electron chi connectivity index (χ4n) is 3.64. The quantitative estimate of drug-likeness (QED) is 0.373. The lowest BCUT2D eigenvalue weighted by Crippen LogP contribution is -2.19. The first-order chi connectivity index (χ1) is 15.4. The Balaban J connectivity index is 0.000000311. The van der Waals surface area contributed by atoms with Gasteiger partial charge in [-0.25, -0.2) is 0 Å². The summed E-state index contributed by atoms with van der Waals surface area (Å²) in [4.78, 5) is 2.63. The molecule has 0 spiro atoms. The molecule has 0 N–H and O–H groups in total. The molecular weight excluding hydrogens is 416 g/mol. The van der Waals surface area contributed by atoms with E-state index in [4.69, 9.17) is 0 Å². The van der Waals surface area contributed by atoms with Gasteiger partial charge in [0.1, 0.15) is 0 Å². The largest absolute Gasteiger partial charge is 0.0898 e. The number of hydrogen-bond acceptors (Lipinski definition) is 1. The van der Waals surface area contributed by atoms with Crippen LogP contribution in [0.15, 0.2) is 76.5 Å². The predicted octanol–water partition coefficient (Wildman–Crippen LogP) is 10.3. The highest BCUT2D eigenvalue weighted by atomic mass is 32.2. The Morgan fingerprint density at radius 2 is 1.24 bits per heavy atom. The zero-order chi connectivity index (χ0) is 25.2. The van der Waals surface area contributed by atoms with Gasteiger partial charge in [-0.05, 0) is 77.1 Å². The van der Waals surface area contributed by atoms with Crippen molar-refractivity contribution < 1.29 is 0 Å². The third-order valence-electron chi connectivity index (χ3n) is 5.63. The maximum Gasteiger partial charge on any atom is 0.0151 e. The first kappa shape index (κ1) is 29.0. The fraction of sp³-hybridized carbons (Fsp3) is 0.438. The van der Waals surface area contributed by atoms with E-state index in [0.717, 1.165) is 6.42 Å². The van der Waals surface area contributed by atoms with Crippen molar-refractivity contribution in [2.24, 2.45) is 0 Å². The minimum Gasteiger partial charge on any atom is -0.0898 e. The highest BCUT2D eigenvalue weighted by Gasteiger charge is 2.22. The molecule has 33 heavy (non-hydrogen) atoms. The van der Waals surface area contributed by atoms with Gasteiger partial charge in [-0.3, -0.25) is 0 Å². The van der Waals surface area contributed by atoms with Gasteiger partial charge in [-0.2, -0.15) is 0 Å². The Bertz CT molecular complexity index is 970. The zero-order valence-corrected chi connectivity index (χ0v) is 23.8. The van der Waals surface area contributed by atoms with Crippen LogP contribution in [0.2, 0.25) is 0 Å². The highest BCUT2D eigenvalue weighted by molar-refractivity contribution is 7.99. The van der Waals surface area contributed by atoms with Crippen LogP contribution in [0, 0.1) is 13.8 Å². The van der Waals surface area contributed by atoms with Crippen molar-refractivity contribution in [3.63, 3.8) is 0 Å². The Morgan fingerprint density at radius 1 is 0.697 bits per heavy atom. The van der Waals surface area contributed by atoms with E-state index in [1.54, 1.807) is 0 Å². The molecule has 0 aliphatic rings. The average molecular weight is 463 g/mol. The molecule has 0 radical (unpaired) electrons. The van der Waals surface area contributed by atoms with Crippen LogP contribution >= 0.6 is 11.8 Å². The van der Waals surface area contributed by atoms with Crippen molar-refractivity contribution in [3.05, 3.63) is 94.5 Å². The maximum atomic E-state index is 2.41. The van der Waals surface area contributed by atoms with Gasteiger partial charge in [0.25, 0.3) is 0 Å². The minimum atomic E-state index is 0.231. The number of hydrogen-bond donors (Lipinski definition) is 0. The van der Waals surface area contributed by atoms with Gasteiger partial charge in [-0.15, -0.1) is 0 Å². The molecule has 0 bridgehead atoms. The molecule has 0 heterocycles. The van der Waals surface area contributed by atoms with Gasteiger partial charge >= 0.3 is 0 Å². The summed E-state index contributed by atoms with van der Waals surface area (Å²) in [7, 11) is 0. The van der Waals surface area contributed by atoms with Crippen LogP contribution in [-0.2, 0) is 17.3 Å². The Hall–Kier alpha value is -1.99. The van der Waals surface area contributed by atoms with E-state index in [2.05, 4.69) is 123 Å². The van der Waals surface area contributed by atoms with Gasteiger partial charge in [0.15, 0.2) is 0 Å². The summed E-state index contributed by atoms with van der Waals surface area (Å²) in [6.45, 7) is 24.5. The maximum absolute atomic E-state index is 2.41. The average Bonchev–Trinajstić information content (AvgIpc) is 2.76. The predicted molar refractivity (Wildman–Crippen MR) is 151 cm³/mol. The second-order valence-electron chi connectivity index (χ2n) is 10.3. The lowest BCUT2D eigenvalue weighted by molar-refractivity contribution is 0.564. The smallest absolute Gasteiger partial charge is 0.0151 e. The molecule has 0 fully saturated rings. The summed E-state index contributed by atoms with van der Waals surface area (Å²) in [5.74, 6) is 0. The van der Waals surface area contributed by atoms with Crippen LogP contribution in [0.5, 0.6) is 0 Å². The number of aryl methyl sites for hydroxylation is 2. The van der Waals surface area contributed by atoms with E-state index >= 15 is 0 Å². The molecule has 0 aliphatic heterocycles.